The van der Waals surface area contributed by atoms with E-state index in [1.807, 2.05) is 0 Å². The molecule has 5 rings (SSSR count). The Kier molecular flexibility index (Phi) is 4.40. The highest BCUT2D eigenvalue weighted by Crippen LogP contribution is 2.37. The van der Waals surface area contributed by atoms with Crippen molar-refractivity contribution in [1.29, 1.82) is 0 Å². The first kappa shape index (κ1) is 19.7. The molecule has 2 heterocycles. The van der Waals surface area contributed by atoms with Gasteiger partial charge in [0.1, 0.15) is 24.0 Å². The fraction of sp³-hybridized carbons (Fsp3) is 0.250. The molecule has 0 atom stereocenters. The van der Waals surface area contributed by atoms with E-state index in [2.05, 4.69) is 81.8 Å². The van der Waals surface area contributed by atoms with Gasteiger partial charge in [-0.05, 0) is 48.1 Å². The third kappa shape index (κ3) is 3.29. The largest absolute Gasteiger partial charge is 0.455 e. The summed E-state index contributed by atoms with van der Waals surface area (Å²) >= 11 is 0. The molecule has 0 spiro atoms. The minimum absolute atomic E-state index is 0.220. The standard InChI is InChI=1S/C28H27FNO/c1-17-9-11-22-21-12-10-19(29)15-25(21)31-27(22)26(17)24-14-13-20-18(16-28(2,3)4)7-6-8-23(20)30(24)5/h6-15H,16H2,1-5H3/q+1. The van der Waals surface area contributed by atoms with Crippen molar-refractivity contribution in [2.24, 2.45) is 12.5 Å². The molecule has 0 saturated carbocycles. The Bertz CT molecular complexity index is 1470. The molecule has 0 unspecified atom stereocenters. The van der Waals surface area contributed by atoms with Crippen molar-refractivity contribution in [3.8, 4) is 11.3 Å². The number of rotatable bonds is 2. The molecule has 0 saturated heterocycles. The van der Waals surface area contributed by atoms with Crippen LogP contribution in [0.25, 0.3) is 44.1 Å². The maximum Gasteiger partial charge on any atom is 0.216 e. The molecule has 0 N–H and O–H groups in total. The molecule has 0 radical (unpaired) electrons. The van der Waals surface area contributed by atoms with Gasteiger partial charge >= 0.3 is 0 Å². The molecular formula is C28H27FNO+. The van der Waals surface area contributed by atoms with E-state index >= 15 is 0 Å². The van der Waals surface area contributed by atoms with Gasteiger partial charge in [-0.2, -0.15) is 4.57 Å². The maximum absolute atomic E-state index is 13.8. The molecule has 0 amide bonds. The number of furan rings is 1. The fourth-order valence-electron chi connectivity index (χ4n) is 4.70. The SMILES string of the molecule is Cc1ccc2c(oc3cc(F)ccc32)c1-c1ccc2c(CC(C)(C)C)cccc2[n+]1C. The van der Waals surface area contributed by atoms with Crippen molar-refractivity contribution < 1.29 is 13.4 Å². The highest BCUT2D eigenvalue weighted by Gasteiger charge is 2.23. The van der Waals surface area contributed by atoms with E-state index in [1.54, 1.807) is 6.07 Å². The molecule has 0 fully saturated rings. The van der Waals surface area contributed by atoms with Crippen LogP contribution in [0.2, 0.25) is 0 Å². The van der Waals surface area contributed by atoms with Gasteiger partial charge < -0.3 is 4.42 Å². The zero-order valence-corrected chi connectivity index (χ0v) is 18.7. The van der Waals surface area contributed by atoms with Gasteiger partial charge in [0.15, 0.2) is 0 Å². The average Bonchev–Trinajstić information content (AvgIpc) is 3.05. The maximum atomic E-state index is 13.8. The number of aryl methyl sites for hydroxylation is 2. The number of pyridine rings is 1. The van der Waals surface area contributed by atoms with Crippen molar-refractivity contribution in [3.05, 3.63) is 77.6 Å². The Morgan fingerprint density at radius 2 is 1.65 bits per heavy atom. The van der Waals surface area contributed by atoms with Crippen molar-refractivity contribution in [3.63, 3.8) is 0 Å². The Hall–Kier alpha value is -3.20. The van der Waals surface area contributed by atoms with Crippen molar-refractivity contribution in [2.75, 3.05) is 0 Å². The molecule has 0 bridgehead atoms. The van der Waals surface area contributed by atoms with Crippen LogP contribution in [0.5, 0.6) is 0 Å². The van der Waals surface area contributed by atoms with Gasteiger partial charge in [-0.25, -0.2) is 4.39 Å². The number of nitrogens with zero attached hydrogens (tertiary/aromatic N) is 1. The van der Waals surface area contributed by atoms with E-state index in [0.29, 0.717) is 5.58 Å². The van der Waals surface area contributed by atoms with E-state index < -0.39 is 0 Å². The summed E-state index contributed by atoms with van der Waals surface area (Å²) in [5, 5.41) is 3.23. The van der Waals surface area contributed by atoms with Crippen LogP contribution in [-0.2, 0) is 13.5 Å². The summed E-state index contributed by atoms with van der Waals surface area (Å²) in [5.41, 5.74) is 7.44. The van der Waals surface area contributed by atoms with Crippen molar-refractivity contribution in [2.45, 2.75) is 34.1 Å². The molecule has 2 nitrogen and oxygen atoms in total. The highest BCUT2D eigenvalue weighted by atomic mass is 19.1. The van der Waals surface area contributed by atoms with E-state index in [4.69, 9.17) is 4.42 Å². The van der Waals surface area contributed by atoms with E-state index in [0.717, 1.165) is 39.6 Å². The summed E-state index contributed by atoms with van der Waals surface area (Å²) in [5.74, 6) is -0.285. The predicted molar refractivity (Wildman–Crippen MR) is 126 cm³/mol. The van der Waals surface area contributed by atoms with Crippen LogP contribution in [0.15, 0.2) is 65.1 Å². The second kappa shape index (κ2) is 6.91. The van der Waals surface area contributed by atoms with Crippen LogP contribution in [0.4, 0.5) is 4.39 Å². The number of halogens is 1. The van der Waals surface area contributed by atoms with Crippen LogP contribution < -0.4 is 4.57 Å². The molecule has 2 aromatic heterocycles. The number of hydrogen-bond acceptors (Lipinski definition) is 1. The second-order valence-corrected chi connectivity index (χ2v) is 9.74. The van der Waals surface area contributed by atoms with Crippen LogP contribution in [0.3, 0.4) is 0 Å². The van der Waals surface area contributed by atoms with E-state index in [1.165, 1.54) is 28.6 Å². The minimum atomic E-state index is -0.285. The molecular weight excluding hydrogens is 385 g/mol. The van der Waals surface area contributed by atoms with Gasteiger partial charge in [-0.3, -0.25) is 0 Å². The smallest absolute Gasteiger partial charge is 0.216 e. The van der Waals surface area contributed by atoms with Crippen LogP contribution in [0, 0.1) is 18.2 Å². The lowest BCUT2D eigenvalue weighted by Gasteiger charge is -2.19. The first-order valence-corrected chi connectivity index (χ1v) is 10.8. The Morgan fingerprint density at radius 1 is 0.903 bits per heavy atom. The lowest BCUT2D eigenvalue weighted by atomic mass is 9.86. The average molecular weight is 413 g/mol. The summed E-state index contributed by atoms with van der Waals surface area (Å²) in [6.45, 7) is 8.92. The molecule has 3 heteroatoms. The first-order chi connectivity index (χ1) is 14.7. The minimum Gasteiger partial charge on any atom is -0.455 e. The highest BCUT2D eigenvalue weighted by molar-refractivity contribution is 6.09. The third-order valence-electron chi connectivity index (χ3n) is 6.09. The number of fused-ring (bicyclic) bond motifs is 4. The molecule has 0 aliphatic rings. The molecule has 0 aliphatic carbocycles. The quantitative estimate of drug-likeness (QED) is 0.279. The fourth-order valence-corrected chi connectivity index (χ4v) is 4.70. The summed E-state index contributed by atoms with van der Waals surface area (Å²) in [6, 6.07) is 19.9. The summed E-state index contributed by atoms with van der Waals surface area (Å²) in [7, 11) is 2.11. The Balaban J connectivity index is 1.79. The van der Waals surface area contributed by atoms with Crippen molar-refractivity contribution >= 4 is 32.8 Å². The van der Waals surface area contributed by atoms with E-state index in [-0.39, 0.29) is 11.2 Å². The summed E-state index contributed by atoms with van der Waals surface area (Å²) in [4.78, 5) is 0. The lowest BCUT2D eigenvalue weighted by molar-refractivity contribution is -0.633. The predicted octanol–water partition coefficient (Wildman–Crippen LogP) is 7.27. The van der Waals surface area contributed by atoms with Gasteiger partial charge in [0.05, 0.1) is 5.56 Å². The zero-order valence-electron chi connectivity index (χ0n) is 18.7. The summed E-state index contributed by atoms with van der Waals surface area (Å²) < 4.78 is 22.2. The molecule has 31 heavy (non-hydrogen) atoms. The molecule has 3 aromatic carbocycles. The normalized spacial score (nSPS) is 12.3. The Morgan fingerprint density at radius 3 is 2.42 bits per heavy atom. The third-order valence-corrected chi connectivity index (χ3v) is 6.09. The monoisotopic (exact) mass is 412 g/mol. The molecule has 5 aromatic rings. The van der Waals surface area contributed by atoms with Gasteiger partial charge in [0.2, 0.25) is 11.2 Å². The number of aromatic nitrogens is 1. The lowest BCUT2D eigenvalue weighted by Crippen LogP contribution is -2.32. The van der Waals surface area contributed by atoms with Gasteiger partial charge in [0, 0.05) is 34.4 Å². The van der Waals surface area contributed by atoms with Gasteiger partial charge in [-0.1, -0.05) is 45.0 Å². The van der Waals surface area contributed by atoms with Gasteiger partial charge in [0.25, 0.3) is 0 Å². The molecule has 0 aliphatic heterocycles. The zero-order chi connectivity index (χ0) is 21.9. The van der Waals surface area contributed by atoms with Crippen LogP contribution >= 0.6 is 0 Å². The molecule has 156 valence electrons. The van der Waals surface area contributed by atoms with Gasteiger partial charge in [-0.15, -0.1) is 0 Å². The topological polar surface area (TPSA) is 17.0 Å². The number of benzene rings is 3. The number of hydrogen-bond donors (Lipinski definition) is 0. The van der Waals surface area contributed by atoms with Crippen LogP contribution in [0.1, 0.15) is 31.9 Å². The summed E-state index contributed by atoms with van der Waals surface area (Å²) in [6.07, 6.45) is 1.02. The van der Waals surface area contributed by atoms with Crippen molar-refractivity contribution in [1.82, 2.24) is 0 Å². The van der Waals surface area contributed by atoms with Crippen LogP contribution in [-0.4, -0.2) is 0 Å². The van der Waals surface area contributed by atoms with E-state index in [9.17, 15) is 4.39 Å². The Labute approximate surface area is 181 Å². The first-order valence-electron chi connectivity index (χ1n) is 10.8. The second-order valence-electron chi connectivity index (χ2n) is 9.74.